The Morgan fingerprint density at radius 1 is 1.29 bits per heavy atom. The number of thiophene rings is 1. The van der Waals surface area contributed by atoms with Gasteiger partial charge in [0, 0.05) is 0 Å². The zero-order chi connectivity index (χ0) is 15.2. The zero-order valence-electron chi connectivity index (χ0n) is 11.3. The second kappa shape index (κ2) is 6.68. The van der Waals surface area contributed by atoms with Crippen molar-refractivity contribution in [2.45, 2.75) is 6.92 Å². The average molecular weight is 300 g/mol. The fourth-order valence-electron chi connectivity index (χ4n) is 1.56. The molecule has 0 spiro atoms. The number of benzene rings is 1. The summed E-state index contributed by atoms with van der Waals surface area (Å²) in [5.41, 5.74) is 1.81. The van der Waals surface area contributed by atoms with Crippen molar-refractivity contribution >= 4 is 28.2 Å². The van der Waals surface area contributed by atoms with Crippen molar-refractivity contribution in [1.82, 2.24) is 0 Å². The van der Waals surface area contributed by atoms with Crippen molar-refractivity contribution in [2.75, 3.05) is 11.9 Å². The summed E-state index contributed by atoms with van der Waals surface area (Å²) in [6.45, 7) is 1.52. The smallest absolute Gasteiger partial charge is 0.338 e. The van der Waals surface area contributed by atoms with Gasteiger partial charge in [-0.1, -0.05) is 17.7 Å². The molecule has 0 bridgehead atoms. The molecule has 5 nitrogen and oxygen atoms in total. The second-order valence-corrected chi connectivity index (χ2v) is 5.18. The largest absolute Gasteiger partial charge is 0.452 e. The molecule has 0 atom stereocenters. The van der Waals surface area contributed by atoms with Crippen LogP contribution in [0.4, 0.5) is 5.00 Å². The number of hydrogen-bond donors (Lipinski definition) is 1. The van der Waals surface area contributed by atoms with Gasteiger partial charge in [0.05, 0.1) is 11.1 Å². The number of aryl methyl sites for hydroxylation is 1. The molecule has 1 heterocycles. The van der Waals surface area contributed by atoms with Crippen LogP contribution in [0.3, 0.4) is 0 Å². The number of esters is 1. The molecule has 0 radical (unpaired) electrons. The molecule has 1 aromatic carbocycles. The molecule has 0 fully saturated rings. The fourth-order valence-corrected chi connectivity index (χ4v) is 2.31. The molecular weight excluding hydrogens is 288 g/mol. The number of nitriles is 1. The first-order chi connectivity index (χ1) is 10.1. The van der Waals surface area contributed by atoms with Crippen molar-refractivity contribution in [3.05, 3.63) is 52.4 Å². The summed E-state index contributed by atoms with van der Waals surface area (Å²) in [5, 5.41) is 13.5. The van der Waals surface area contributed by atoms with Gasteiger partial charge in [-0.15, -0.1) is 11.3 Å². The third-order valence-corrected chi connectivity index (χ3v) is 3.49. The first-order valence-corrected chi connectivity index (χ1v) is 6.99. The standard InChI is InChI=1S/C15H12N2O3S/c1-10-2-4-11(5-3-10)15(19)20-9-13(18)17-14-12(8-16)6-7-21-14/h2-7H,9H2,1H3,(H,17,18). The van der Waals surface area contributed by atoms with Gasteiger partial charge in [0.2, 0.25) is 0 Å². The van der Waals surface area contributed by atoms with Crippen molar-refractivity contribution in [2.24, 2.45) is 0 Å². The van der Waals surface area contributed by atoms with E-state index >= 15 is 0 Å². The summed E-state index contributed by atoms with van der Waals surface area (Å²) in [6, 6.07) is 10.4. The monoisotopic (exact) mass is 300 g/mol. The second-order valence-electron chi connectivity index (χ2n) is 4.27. The Hall–Kier alpha value is -2.65. The van der Waals surface area contributed by atoms with E-state index < -0.39 is 18.5 Å². The lowest BCUT2D eigenvalue weighted by Crippen LogP contribution is -2.20. The van der Waals surface area contributed by atoms with Crippen LogP contribution in [0.5, 0.6) is 0 Å². The van der Waals surface area contributed by atoms with Gasteiger partial charge in [-0.05, 0) is 30.5 Å². The Morgan fingerprint density at radius 2 is 2.00 bits per heavy atom. The van der Waals surface area contributed by atoms with E-state index in [1.54, 1.807) is 35.7 Å². The van der Waals surface area contributed by atoms with Crippen LogP contribution in [0.25, 0.3) is 0 Å². The van der Waals surface area contributed by atoms with Gasteiger partial charge in [0.15, 0.2) is 6.61 Å². The van der Waals surface area contributed by atoms with Gasteiger partial charge in [-0.3, -0.25) is 4.79 Å². The van der Waals surface area contributed by atoms with Crippen LogP contribution in [0.15, 0.2) is 35.7 Å². The highest BCUT2D eigenvalue weighted by atomic mass is 32.1. The van der Waals surface area contributed by atoms with Gasteiger partial charge >= 0.3 is 5.97 Å². The van der Waals surface area contributed by atoms with E-state index in [4.69, 9.17) is 10.00 Å². The topological polar surface area (TPSA) is 79.2 Å². The highest BCUT2D eigenvalue weighted by Gasteiger charge is 2.12. The number of amides is 1. The summed E-state index contributed by atoms with van der Waals surface area (Å²) in [6.07, 6.45) is 0. The van der Waals surface area contributed by atoms with E-state index in [0.29, 0.717) is 16.1 Å². The minimum atomic E-state index is -0.558. The number of ether oxygens (including phenoxy) is 1. The Balaban J connectivity index is 1.88. The minimum absolute atomic E-state index is 0.387. The van der Waals surface area contributed by atoms with Gasteiger partial charge in [-0.2, -0.15) is 5.26 Å². The fraction of sp³-hybridized carbons (Fsp3) is 0.133. The SMILES string of the molecule is Cc1ccc(C(=O)OCC(=O)Nc2sccc2C#N)cc1. The number of carbonyl (C=O) groups is 2. The number of nitrogens with one attached hydrogen (secondary N) is 1. The highest BCUT2D eigenvalue weighted by Crippen LogP contribution is 2.21. The molecule has 1 N–H and O–H groups in total. The van der Waals surface area contributed by atoms with Gasteiger partial charge in [0.1, 0.15) is 11.1 Å². The first-order valence-electron chi connectivity index (χ1n) is 6.11. The van der Waals surface area contributed by atoms with Crippen LogP contribution in [0.2, 0.25) is 0 Å². The number of hydrogen-bond acceptors (Lipinski definition) is 5. The Labute approximate surface area is 125 Å². The summed E-state index contributed by atoms with van der Waals surface area (Å²) in [7, 11) is 0. The molecule has 0 saturated heterocycles. The Morgan fingerprint density at radius 3 is 2.67 bits per heavy atom. The molecular formula is C15H12N2O3S. The normalized spacial score (nSPS) is 9.71. The molecule has 21 heavy (non-hydrogen) atoms. The van der Waals surface area contributed by atoms with Crippen LogP contribution in [-0.4, -0.2) is 18.5 Å². The van der Waals surface area contributed by atoms with E-state index in [0.717, 1.165) is 5.56 Å². The zero-order valence-corrected chi connectivity index (χ0v) is 12.1. The van der Waals surface area contributed by atoms with Crippen LogP contribution in [-0.2, 0) is 9.53 Å². The Kier molecular flexibility index (Phi) is 4.69. The van der Waals surface area contributed by atoms with E-state index in [2.05, 4.69) is 5.32 Å². The van der Waals surface area contributed by atoms with Crippen LogP contribution in [0, 0.1) is 18.3 Å². The molecule has 0 unspecified atom stereocenters. The molecule has 1 amide bonds. The summed E-state index contributed by atoms with van der Waals surface area (Å²) in [5.74, 6) is -1.04. The Bertz CT molecular complexity index is 698. The van der Waals surface area contributed by atoms with Crippen LogP contribution in [0.1, 0.15) is 21.5 Å². The molecule has 0 aliphatic rings. The lowest BCUT2D eigenvalue weighted by atomic mass is 10.1. The third kappa shape index (κ3) is 3.91. The number of anilines is 1. The molecule has 106 valence electrons. The van der Waals surface area contributed by atoms with Crippen molar-refractivity contribution in [3.8, 4) is 6.07 Å². The summed E-state index contributed by atoms with van der Waals surface area (Å²) >= 11 is 1.24. The molecule has 2 aromatic rings. The summed E-state index contributed by atoms with van der Waals surface area (Å²) < 4.78 is 4.92. The molecule has 0 saturated carbocycles. The number of nitrogens with zero attached hydrogens (tertiary/aromatic N) is 1. The lowest BCUT2D eigenvalue weighted by molar-refractivity contribution is -0.119. The molecule has 6 heteroatoms. The van der Waals surface area contributed by atoms with Crippen LogP contribution >= 0.6 is 11.3 Å². The maximum Gasteiger partial charge on any atom is 0.338 e. The van der Waals surface area contributed by atoms with Crippen LogP contribution < -0.4 is 5.32 Å². The average Bonchev–Trinajstić information content (AvgIpc) is 2.92. The predicted octanol–water partition coefficient (Wildman–Crippen LogP) is 2.72. The van der Waals surface area contributed by atoms with E-state index in [-0.39, 0.29) is 0 Å². The quantitative estimate of drug-likeness (QED) is 0.880. The van der Waals surface area contributed by atoms with Crippen molar-refractivity contribution in [1.29, 1.82) is 5.26 Å². The van der Waals surface area contributed by atoms with Gasteiger partial charge in [0.25, 0.3) is 5.91 Å². The number of rotatable bonds is 4. The minimum Gasteiger partial charge on any atom is -0.452 e. The van der Waals surface area contributed by atoms with Crippen molar-refractivity contribution in [3.63, 3.8) is 0 Å². The lowest BCUT2D eigenvalue weighted by Gasteiger charge is -2.05. The molecule has 0 aliphatic heterocycles. The molecule has 2 rings (SSSR count). The van der Waals surface area contributed by atoms with E-state index in [9.17, 15) is 9.59 Å². The van der Waals surface area contributed by atoms with Crippen molar-refractivity contribution < 1.29 is 14.3 Å². The first kappa shape index (κ1) is 14.8. The maximum atomic E-state index is 11.7. The molecule has 1 aromatic heterocycles. The summed E-state index contributed by atoms with van der Waals surface area (Å²) in [4.78, 5) is 23.4. The van der Waals surface area contributed by atoms with E-state index in [1.807, 2.05) is 13.0 Å². The van der Waals surface area contributed by atoms with E-state index in [1.165, 1.54) is 11.3 Å². The third-order valence-electron chi connectivity index (χ3n) is 2.66. The predicted molar refractivity (Wildman–Crippen MR) is 79.1 cm³/mol. The van der Waals surface area contributed by atoms with Gasteiger partial charge in [-0.25, -0.2) is 4.79 Å². The number of carbonyl (C=O) groups excluding carboxylic acids is 2. The molecule has 0 aliphatic carbocycles. The maximum absolute atomic E-state index is 11.7. The highest BCUT2D eigenvalue weighted by molar-refractivity contribution is 7.14. The van der Waals surface area contributed by atoms with Gasteiger partial charge < -0.3 is 10.1 Å².